The van der Waals surface area contributed by atoms with Gasteiger partial charge in [0.05, 0.1) is 39.9 Å². The third-order valence-electron chi connectivity index (χ3n) is 6.74. The van der Waals surface area contributed by atoms with Gasteiger partial charge in [-0.05, 0) is 29.8 Å². The normalized spacial score (nSPS) is 15.0. The van der Waals surface area contributed by atoms with E-state index in [1.165, 1.54) is 30.4 Å². The van der Waals surface area contributed by atoms with Gasteiger partial charge in [0.15, 0.2) is 11.6 Å². The summed E-state index contributed by atoms with van der Waals surface area (Å²) < 4.78 is 26.6. The summed E-state index contributed by atoms with van der Waals surface area (Å²) >= 11 is 1.42. The highest BCUT2D eigenvalue weighted by Gasteiger charge is 2.29. The molecule has 4 amide bonds. The maximum Gasteiger partial charge on any atom is 0.410 e. The molecule has 11 nitrogen and oxygen atoms in total. The number of hydrogen-bond acceptors (Lipinski definition) is 8. The molecule has 4 aromatic rings. The molecule has 210 valence electrons. The predicted molar refractivity (Wildman–Crippen MR) is 149 cm³/mol. The van der Waals surface area contributed by atoms with Crippen LogP contribution in [0.25, 0.3) is 20.8 Å². The standard InChI is InChI=1S/C28H25FN6O5S/c1-16(36)35-14-19(15-35)33-27(37)32-18-3-5-23(20(29)10-18)40-24-6-7-30-22-11-25(41-26(22)24)21-4-2-17(12-31-21)13-34-8-9-39-28(34)38/h2-7,10-12,19H,8-9,13-15H2,1H3,(H2,32,33,37). The molecule has 3 aromatic heterocycles. The zero-order chi connectivity index (χ0) is 28.5. The van der Waals surface area contributed by atoms with Gasteiger partial charge in [0.1, 0.15) is 12.4 Å². The van der Waals surface area contributed by atoms with Crippen LogP contribution in [0.4, 0.5) is 19.7 Å². The average Bonchev–Trinajstić information content (AvgIpc) is 3.54. The Bertz CT molecular complexity index is 1640. The lowest BCUT2D eigenvalue weighted by Crippen LogP contribution is -2.61. The Morgan fingerprint density at radius 1 is 1.15 bits per heavy atom. The maximum absolute atomic E-state index is 14.9. The van der Waals surface area contributed by atoms with Crippen LogP contribution in [0.3, 0.4) is 0 Å². The molecule has 1 aromatic carbocycles. The number of aromatic nitrogens is 2. The van der Waals surface area contributed by atoms with Crippen molar-refractivity contribution in [3.05, 3.63) is 66.2 Å². The van der Waals surface area contributed by atoms with E-state index in [1.807, 2.05) is 18.2 Å². The molecule has 2 saturated heterocycles. The first kappa shape index (κ1) is 26.4. The van der Waals surface area contributed by atoms with E-state index in [1.54, 1.807) is 34.3 Å². The number of hydrogen-bond donors (Lipinski definition) is 2. The van der Waals surface area contributed by atoms with Crippen molar-refractivity contribution in [2.24, 2.45) is 0 Å². The molecule has 2 aliphatic rings. The molecule has 6 rings (SSSR count). The highest BCUT2D eigenvalue weighted by atomic mass is 32.1. The molecule has 0 spiro atoms. The highest BCUT2D eigenvalue weighted by Crippen LogP contribution is 2.39. The van der Waals surface area contributed by atoms with Gasteiger partial charge in [-0.3, -0.25) is 14.8 Å². The Balaban J connectivity index is 1.12. The van der Waals surface area contributed by atoms with Crippen LogP contribution in [0, 0.1) is 5.82 Å². The van der Waals surface area contributed by atoms with Crippen LogP contribution >= 0.6 is 11.3 Å². The van der Waals surface area contributed by atoms with Gasteiger partial charge in [-0.15, -0.1) is 11.3 Å². The van der Waals surface area contributed by atoms with E-state index in [9.17, 15) is 18.8 Å². The molecule has 0 unspecified atom stereocenters. The monoisotopic (exact) mass is 576 g/mol. The van der Waals surface area contributed by atoms with Crippen LogP contribution in [-0.4, -0.2) is 70.1 Å². The fourth-order valence-electron chi connectivity index (χ4n) is 4.53. The van der Waals surface area contributed by atoms with Crippen LogP contribution in [0.1, 0.15) is 12.5 Å². The lowest BCUT2D eigenvalue weighted by molar-refractivity contribution is -0.133. The first-order valence-electron chi connectivity index (χ1n) is 12.9. The SMILES string of the molecule is CC(=O)N1CC(NC(=O)Nc2ccc(Oc3ccnc4cc(-c5ccc(CN6CCOC6=O)cn5)sc34)c(F)c2)C1. The summed E-state index contributed by atoms with van der Waals surface area (Å²) in [6.45, 7) is 3.77. The van der Waals surface area contributed by atoms with Gasteiger partial charge in [-0.25, -0.2) is 14.0 Å². The molecule has 0 saturated carbocycles. The smallest absolute Gasteiger partial charge is 0.410 e. The first-order valence-corrected chi connectivity index (χ1v) is 13.7. The largest absolute Gasteiger partial charge is 0.453 e. The second kappa shape index (κ2) is 11.0. The summed E-state index contributed by atoms with van der Waals surface area (Å²) in [6, 6.07) is 10.9. The minimum absolute atomic E-state index is 0.00239. The molecule has 0 atom stereocenters. The van der Waals surface area contributed by atoms with Gasteiger partial charge < -0.3 is 29.9 Å². The molecule has 0 aliphatic carbocycles. The number of carbonyl (C=O) groups is 3. The highest BCUT2D eigenvalue weighted by molar-refractivity contribution is 7.22. The minimum atomic E-state index is -0.643. The number of pyridine rings is 2. The number of likely N-dealkylation sites (tertiary alicyclic amines) is 1. The van der Waals surface area contributed by atoms with E-state index < -0.39 is 11.8 Å². The van der Waals surface area contributed by atoms with Crippen molar-refractivity contribution in [2.75, 3.05) is 31.6 Å². The Morgan fingerprint density at radius 3 is 2.71 bits per heavy atom. The molecule has 5 heterocycles. The zero-order valence-corrected chi connectivity index (χ0v) is 22.7. The molecule has 2 fully saturated rings. The van der Waals surface area contributed by atoms with Crippen molar-refractivity contribution < 1.29 is 28.2 Å². The van der Waals surface area contributed by atoms with Gasteiger partial charge in [-0.2, -0.15) is 0 Å². The summed E-state index contributed by atoms with van der Waals surface area (Å²) in [5, 5.41) is 5.36. The fourth-order valence-corrected chi connectivity index (χ4v) is 5.58. The second-order valence-electron chi connectivity index (χ2n) is 9.69. The van der Waals surface area contributed by atoms with Crippen molar-refractivity contribution in [1.29, 1.82) is 0 Å². The Morgan fingerprint density at radius 2 is 2.00 bits per heavy atom. The molecule has 13 heteroatoms. The lowest BCUT2D eigenvalue weighted by Gasteiger charge is -2.38. The average molecular weight is 577 g/mol. The Hall–Kier alpha value is -4.78. The van der Waals surface area contributed by atoms with Crippen LogP contribution < -0.4 is 15.4 Å². The molecule has 2 aliphatic heterocycles. The van der Waals surface area contributed by atoms with Gasteiger partial charge >= 0.3 is 12.1 Å². The number of fused-ring (bicyclic) bond motifs is 1. The van der Waals surface area contributed by atoms with Crippen LogP contribution in [0.2, 0.25) is 0 Å². The number of nitrogens with zero attached hydrogens (tertiary/aromatic N) is 4. The van der Waals surface area contributed by atoms with Gasteiger partial charge in [0, 0.05) is 50.2 Å². The summed E-state index contributed by atoms with van der Waals surface area (Å²) in [5.41, 5.74) is 2.58. The number of nitrogens with one attached hydrogen (secondary N) is 2. The summed E-state index contributed by atoms with van der Waals surface area (Å²) in [4.78, 5) is 48.3. The lowest BCUT2D eigenvalue weighted by atomic mass is 10.1. The van der Waals surface area contributed by atoms with Crippen molar-refractivity contribution in [3.63, 3.8) is 0 Å². The molecule has 0 radical (unpaired) electrons. The van der Waals surface area contributed by atoms with Crippen LogP contribution in [-0.2, 0) is 16.1 Å². The van der Waals surface area contributed by atoms with E-state index in [4.69, 9.17) is 9.47 Å². The van der Waals surface area contributed by atoms with Crippen LogP contribution in [0.15, 0.2) is 54.9 Å². The Labute approximate surface area is 237 Å². The Kier molecular flexibility index (Phi) is 7.10. The van der Waals surface area contributed by atoms with Crippen molar-refractivity contribution >= 4 is 45.3 Å². The van der Waals surface area contributed by atoms with E-state index >= 15 is 0 Å². The van der Waals surface area contributed by atoms with Gasteiger partial charge in [0.2, 0.25) is 5.91 Å². The molecule has 41 heavy (non-hydrogen) atoms. The number of anilines is 1. The number of rotatable bonds is 7. The van der Waals surface area contributed by atoms with Crippen LogP contribution in [0.5, 0.6) is 11.5 Å². The number of thiophene rings is 1. The number of cyclic esters (lactones) is 1. The number of amides is 4. The first-order chi connectivity index (χ1) is 19.8. The number of urea groups is 1. The summed E-state index contributed by atoms with van der Waals surface area (Å²) in [5.74, 6) is -0.249. The summed E-state index contributed by atoms with van der Waals surface area (Å²) in [6.07, 6.45) is 3.00. The van der Waals surface area contributed by atoms with E-state index in [0.717, 1.165) is 20.8 Å². The van der Waals surface area contributed by atoms with Crippen molar-refractivity contribution in [3.8, 4) is 22.1 Å². The van der Waals surface area contributed by atoms with E-state index in [0.29, 0.717) is 44.1 Å². The molecular weight excluding hydrogens is 551 g/mol. The molecule has 0 bridgehead atoms. The van der Waals surface area contributed by atoms with Crippen molar-refractivity contribution in [2.45, 2.75) is 19.5 Å². The van der Waals surface area contributed by atoms with E-state index in [2.05, 4.69) is 20.6 Å². The fraction of sp³-hybridized carbons (Fsp3) is 0.250. The predicted octanol–water partition coefficient (Wildman–Crippen LogP) is 4.59. The number of halogens is 1. The van der Waals surface area contributed by atoms with Crippen molar-refractivity contribution in [1.82, 2.24) is 25.1 Å². The number of ether oxygens (including phenoxy) is 2. The second-order valence-corrected chi connectivity index (χ2v) is 10.7. The van der Waals surface area contributed by atoms with Gasteiger partial charge in [-0.1, -0.05) is 6.07 Å². The number of carbonyl (C=O) groups excluding carboxylic acids is 3. The molecule has 2 N–H and O–H groups in total. The minimum Gasteiger partial charge on any atom is -0.453 e. The molecular formula is C28H25FN6O5S. The quantitative estimate of drug-likeness (QED) is 0.330. The topological polar surface area (TPSA) is 126 Å². The van der Waals surface area contributed by atoms with E-state index in [-0.39, 0.29) is 29.5 Å². The van der Waals surface area contributed by atoms with Gasteiger partial charge in [0.25, 0.3) is 0 Å². The third-order valence-corrected chi connectivity index (χ3v) is 7.90. The maximum atomic E-state index is 14.9. The third kappa shape index (κ3) is 5.75. The zero-order valence-electron chi connectivity index (χ0n) is 21.9. The summed E-state index contributed by atoms with van der Waals surface area (Å²) in [7, 11) is 0. The number of benzene rings is 1.